The SMILES string of the molecule is CCC(OC(=O)c1cccc2nccnc12)C(=O)Nc1cc(Cl)c(OC)cc1OC. The molecule has 156 valence electrons. The van der Waals surface area contributed by atoms with Crippen LogP contribution in [0.5, 0.6) is 11.5 Å². The number of rotatable bonds is 7. The second-order valence-corrected chi connectivity index (χ2v) is 6.62. The van der Waals surface area contributed by atoms with Gasteiger partial charge in [-0.3, -0.25) is 14.8 Å². The number of anilines is 1. The number of amides is 1. The highest BCUT2D eigenvalue weighted by Gasteiger charge is 2.25. The van der Waals surface area contributed by atoms with Crippen LogP contribution in [0.1, 0.15) is 23.7 Å². The summed E-state index contributed by atoms with van der Waals surface area (Å²) in [6, 6.07) is 8.06. The number of hydrogen-bond acceptors (Lipinski definition) is 7. The van der Waals surface area contributed by atoms with Crippen molar-refractivity contribution in [2.75, 3.05) is 19.5 Å². The quantitative estimate of drug-likeness (QED) is 0.569. The molecule has 1 amide bonds. The Hall–Kier alpha value is -3.39. The molecule has 0 spiro atoms. The van der Waals surface area contributed by atoms with Crippen LogP contribution in [0.25, 0.3) is 11.0 Å². The zero-order valence-electron chi connectivity index (χ0n) is 16.6. The number of benzene rings is 2. The highest BCUT2D eigenvalue weighted by Crippen LogP contribution is 2.36. The minimum Gasteiger partial charge on any atom is -0.495 e. The van der Waals surface area contributed by atoms with Gasteiger partial charge in [0.25, 0.3) is 5.91 Å². The first-order chi connectivity index (χ1) is 14.5. The van der Waals surface area contributed by atoms with Crippen LogP contribution in [-0.2, 0) is 9.53 Å². The number of fused-ring (bicyclic) bond motifs is 1. The van der Waals surface area contributed by atoms with E-state index in [1.165, 1.54) is 32.7 Å². The van der Waals surface area contributed by atoms with E-state index in [1.807, 2.05) is 0 Å². The van der Waals surface area contributed by atoms with E-state index in [1.54, 1.807) is 31.2 Å². The molecular weight excluding hydrogens is 410 g/mol. The van der Waals surface area contributed by atoms with Gasteiger partial charge >= 0.3 is 5.97 Å². The third-order valence-corrected chi connectivity index (χ3v) is 4.66. The molecule has 2 aromatic carbocycles. The van der Waals surface area contributed by atoms with Gasteiger partial charge in [-0.05, 0) is 24.6 Å². The van der Waals surface area contributed by atoms with E-state index in [9.17, 15) is 9.59 Å². The van der Waals surface area contributed by atoms with Crippen LogP contribution in [0.4, 0.5) is 5.69 Å². The van der Waals surface area contributed by atoms with Crippen LogP contribution < -0.4 is 14.8 Å². The fraction of sp³-hybridized carbons (Fsp3) is 0.238. The molecule has 1 N–H and O–H groups in total. The number of carbonyl (C=O) groups excluding carboxylic acids is 2. The number of aromatic nitrogens is 2. The lowest BCUT2D eigenvalue weighted by Gasteiger charge is -2.18. The summed E-state index contributed by atoms with van der Waals surface area (Å²) in [5.41, 5.74) is 1.53. The zero-order chi connectivity index (χ0) is 21.7. The second kappa shape index (κ2) is 9.41. The third kappa shape index (κ3) is 4.44. The molecule has 0 saturated carbocycles. The number of hydrogen-bond donors (Lipinski definition) is 1. The molecule has 1 unspecified atom stereocenters. The Labute approximate surface area is 178 Å². The van der Waals surface area contributed by atoms with E-state index >= 15 is 0 Å². The summed E-state index contributed by atoms with van der Waals surface area (Å²) in [7, 11) is 2.93. The first-order valence-electron chi connectivity index (χ1n) is 9.11. The minimum atomic E-state index is -1.03. The lowest BCUT2D eigenvalue weighted by atomic mass is 10.1. The number of para-hydroxylation sites is 1. The highest BCUT2D eigenvalue weighted by atomic mass is 35.5. The molecule has 0 bridgehead atoms. The van der Waals surface area contributed by atoms with E-state index in [4.69, 9.17) is 25.8 Å². The third-order valence-electron chi connectivity index (χ3n) is 4.36. The van der Waals surface area contributed by atoms with Gasteiger partial charge < -0.3 is 19.5 Å². The number of carbonyl (C=O) groups is 2. The van der Waals surface area contributed by atoms with Crippen LogP contribution in [0.3, 0.4) is 0 Å². The molecule has 8 nitrogen and oxygen atoms in total. The summed E-state index contributed by atoms with van der Waals surface area (Å²) in [6.07, 6.45) is 2.26. The number of ether oxygens (including phenoxy) is 3. The molecule has 0 aliphatic heterocycles. The van der Waals surface area contributed by atoms with Gasteiger partial charge in [0.2, 0.25) is 0 Å². The maximum atomic E-state index is 12.8. The van der Waals surface area contributed by atoms with E-state index < -0.39 is 18.0 Å². The maximum absolute atomic E-state index is 12.8. The molecule has 0 saturated heterocycles. The normalized spacial score (nSPS) is 11.6. The summed E-state index contributed by atoms with van der Waals surface area (Å²) in [5.74, 6) is -0.420. The molecule has 0 radical (unpaired) electrons. The molecule has 9 heteroatoms. The molecule has 3 aromatic rings. The molecule has 0 aliphatic rings. The lowest BCUT2D eigenvalue weighted by molar-refractivity contribution is -0.124. The monoisotopic (exact) mass is 429 g/mol. The molecule has 1 aromatic heterocycles. The number of methoxy groups -OCH3 is 2. The van der Waals surface area contributed by atoms with E-state index in [-0.39, 0.29) is 12.0 Å². The van der Waals surface area contributed by atoms with Crippen molar-refractivity contribution in [1.82, 2.24) is 9.97 Å². The smallest absolute Gasteiger partial charge is 0.341 e. The van der Waals surface area contributed by atoms with Gasteiger partial charge in [0.15, 0.2) is 6.10 Å². The van der Waals surface area contributed by atoms with Crippen LogP contribution >= 0.6 is 11.6 Å². The second-order valence-electron chi connectivity index (χ2n) is 6.21. The van der Waals surface area contributed by atoms with E-state index in [0.717, 1.165) is 0 Å². The average Bonchev–Trinajstić information content (AvgIpc) is 2.77. The molecule has 1 atom stereocenters. The first kappa shape index (κ1) is 21.3. The van der Waals surface area contributed by atoms with Gasteiger partial charge in [0.1, 0.15) is 17.0 Å². The molecule has 1 heterocycles. The van der Waals surface area contributed by atoms with Crippen molar-refractivity contribution in [3.8, 4) is 11.5 Å². The van der Waals surface area contributed by atoms with Crippen LogP contribution in [0.2, 0.25) is 5.02 Å². The fourth-order valence-corrected chi connectivity index (χ4v) is 3.08. The van der Waals surface area contributed by atoms with Gasteiger partial charge in [-0.1, -0.05) is 24.6 Å². The van der Waals surface area contributed by atoms with Gasteiger partial charge in [-0.25, -0.2) is 4.79 Å². The number of halogens is 1. The Bertz CT molecular complexity index is 1080. The Morgan fingerprint density at radius 3 is 2.53 bits per heavy atom. The van der Waals surface area contributed by atoms with Gasteiger partial charge in [-0.15, -0.1) is 0 Å². The van der Waals surface area contributed by atoms with Crippen molar-refractivity contribution < 1.29 is 23.8 Å². The first-order valence-corrected chi connectivity index (χ1v) is 9.49. The number of esters is 1. The Morgan fingerprint density at radius 2 is 1.83 bits per heavy atom. The molecule has 30 heavy (non-hydrogen) atoms. The summed E-state index contributed by atoms with van der Waals surface area (Å²) in [6.45, 7) is 1.73. The van der Waals surface area contributed by atoms with E-state index in [2.05, 4.69) is 15.3 Å². The van der Waals surface area contributed by atoms with E-state index in [0.29, 0.717) is 33.2 Å². The summed E-state index contributed by atoms with van der Waals surface area (Å²) in [5, 5.41) is 2.99. The molecular formula is C21H20ClN3O5. The number of nitrogens with one attached hydrogen (secondary N) is 1. The Balaban J connectivity index is 1.80. The Morgan fingerprint density at radius 1 is 1.10 bits per heavy atom. The van der Waals surface area contributed by atoms with Crippen LogP contribution in [0.15, 0.2) is 42.7 Å². The fourth-order valence-electron chi connectivity index (χ4n) is 2.84. The minimum absolute atomic E-state index is 0.233. The van der Waals surface area contributed by atoms with Gasteiger partial charge in [0, 0.05) is 18.5 Å². The topological polar surface area (TPSA) is 99.6 Å². The van der Waals surface area contributed by atoms with Crippen molar-refractivity contribution in [2.45, 2.75) is 19.4 Å². The zero-order valence-corrected chi connectivity index (χ0v) is 17.4. The van der Waals surface area contributed by atoms with Crippen LogP contribution in [-0.4, -0.2) is 42.2 Å². The van der Waals surface area contributed by atoms with Crippen molar-refractivity contribution in [3.05, 3.63) is 53.3 Å². The molecule has 0 aliphatic carbocycles. The van der Waals surface area contributed by atoms with Gasteiger partial charge in [-0.2, -0.15) is 0 Å². The largest absolute Gasteiger partial charge is 0.495 e. The van der Waals surface area contributed by atoms with Crippen LogP contribution in [0, 0.1) is 0 Å². The Kier molecular flexibility index (Phi) is 6.68. The maximum Gasteiger partial charge on any atom is 0.341 e. The highest BCUT2D eigenvalue weighted by molar-refractivity contribution is 6.32. The predicted molar refractivity (Wildman–Crippen MR) is 112 cm³/mol. The van der Waals surface area contributed by atoms with Crippen molar-refractivity contribution in [1.29, 1.82) is 0 Å². The standard InChI is InChI=1S/C21H20ClN3O5/c1-4-16(20(26)25-15-10-13(22)17(28-2)11-18(15)29-3)30-21(27)12-6-5-7-14-19(12)24-9-8-23-14/h5-11,16H,4H2,1-3H3,(H,25,26). The molecule has 0 fully saturated rings. The summed E-state index contributed by atoms with van der Waals surface area (Å²) < 4.78 is 15.9. The average molecular weight is 430 g/mol. The van der Waals surface area contributed by atoms with Crippen molar-refractivity contribution in [3.63, 3.8) is 0 Å². The summed E-state index contributed by atoms with van der Waals surface area (Å²) >= 11 is 6.15. The lowest BCUT2D eigenvalue weighted by Crippen LogP contribution is -2.32. The predicted octanol–water partition coefficient (Wildman–Crippen LogP) is 3.87. The van der Waals surface area contributed by atoms with Crippen molar-refractivity contribution in [2.24, 2.45) is 0 Å². The van der Waals surface area contributed by atoms with Gasteiger partial charge in [0.05, 0.1) is 36.0 Å². The molecule has 3 rings (SSSR count). The number of nitrogens with zero attached hydrogens (tertiary/aromatic N) is 2. The summed E-state index contributed by atoms with van der Waals surface area (Å²) in [4.78, 5) is 33.8. The van der Waals surface area contributed by atoms with Crippen molar-refractivity contribution >= 4 is 40.2 Å².